The van der Waals surface area contributed by atoms with Crippen molar-refractivity contribution in [3.63, 3.8) is 0 Å². The molecule has 0 aliphatic rings. The van der Waals surface area contributed by atoms with Crippen LogP contribution in [0.15, 0.2) is 146 Å². The topological polar surface area (TPSA) is 43.3 Å². The van der Waals surface area contributed by atoms with E-state index in [0.717, 1.165) is 54.2 Å². The van der Waals surface area contributed by atoms with E-state index in [1.807, 2.05) is 97.1 Å². The van der Waals surface area contributed by atoms with Crippen LogP contribution in [0.5, 0.6) is 11.5 Å². The molecule has 0 spiro atoms. The van der Waals surface area contributed by atoms with Gasteiger partial charge in [0.05, 0.1) is 0 Å². The quantitative estimate of drug-likeness (QED) is 0.244. The zero-order chi connectivity index (χ0) is 28.2. The lowest BCUT2D eigenvalue weighted by Gasteiger charge is -2.25. The minimum absolute atomic E-state index is 0.0971. The zero-order valence-corrected chi connectivity index (χ0v) is 22.7. The lowest BCUT2D eigenvalue weighted by Crippen LogP contribution is -2.00. The van der Waals surface area contributed by atoms with Crippen LogP contribution in [0.3, 0.4) is 0 Å². The molecule has 198 valence electrons. The van der Waals surface area contributed by atoms with Gasteiger partial charge >= 0.3 is 0 Å². The van der Waals surface area contributed by atoms with E-state index in [-0.39, 0.29) is 11.5 Å². The molecule has 0 aromatic heterocycles. The highest BCUT2D eigenvalue weighted by molar-refractivity contribution is 6.14. The van der Waals surface area contributed by atoms with Crippen LogP contribution < -0.4 is 5.11 Å². The van der Waals surface area contributed by atoms with Gasteiger partial charge in [-0.15, -0.1) is 0 Å². The molecule has 0 bridgehead atoms. The SMILES string of the molecule is [O-]c1c(-c2ccc3ccccc3c2)cc2ccccc2c1-c1c(O)c(-c2ccc3ccccc3c2)cc2ccccc12. The Labute approximate surface area is 243 Å². The first kappa shape index (κ1) is 24.2. The van der Waals surface area contributed by atoms with Crippen molar-refractivity contribution in [1.82, 2.24) is 0 Å². The van der Waals surface area contributed by atoms with Crippen molar-refractivity contribution in [3.8, 4) is 44.9 Å². The molecule has 0 amide bonds. The van der Waals surface area contributed by atoms with E-state index in [4.69, 9.17) is 0 Å². The molecule has 0 aliphatic heterocycles. The van der Waals surface area contributed by atoms with E-state index < -0.39 is 0 Å². The van der Waals surface area contributed by atoms with Crippen molar-refractivity contribution in [1.29, 1.82) is 0 Å². The standard InChI is InChI=1S/C40H26O2/c41-39-35(31-19-17-25-9-1-3-11-27(25)21-31)23-29-13-5-7-15-33(29)37(39)38-34-16-8-6-14-30(34)24-36(40(38)42)32-20-18-26-10-2-4-12-28(26)22-32/h1-24,41-42H/p-1. The average molecular weight is 538 g/mol. The Morgan fingerprint density at radius 2 is 0.810 bits per heavy atom. The maximum atomic E-state index is 14.6. The number of phenols is 1. The van der Waals surface area contributed by atoms with E-state index >= 15 is 0 Å². The summed E-state index contributed by atoms with van der Waals surface area (Å²) < 4.78 is 0. The van der Waals surface area contributed by atoms with Gasteiger partial charge in [-0.3, -0.25) is 0 Å². The Bertz CT molecular complexity index is 2160. The summed E-state index contributed by atoms with van der Waals surface area (Å²) in [6.07, 6.45) is 0. The van der Waals surface area contributed by atoms with Crippen molar-refractivity contribution < 1.29 is 10.2 Å². The van der Waals surface area contributed by atoms with E-state index in [9.17, 15) is 10.2 Å². The van der Waals surface area contributed by atoms with Gasteiger partial charge in [0, 0.05) is 11.1 Å². The van der Waals surface area contributed by atoms with Gasteiger partial charge < -0.3 is 10.2 Å². The summed E-state index contributed by atoms with van der Waals surface area (Å²) >= 11 is 0. The highest BCUT2D eigenvalue weighted by Crippen LogP contribution is 2.50. The van der Waals surface area contributed by atoms with Gasteiger partial charge in [-0.25, -0.2) is 0 Å². The van der Waals surface area contributed by atoms with Gasteiger partial charge in [0.1, 0.15) is 5.75 Å². The number of rotatable bonds is 3. The molecule has 0 fully saturated rings. The molecule has 8 rings (SSSR count). The summed E-state index contributed by atoms with van der Waals surface area (Å²) in [4.78, 5) is 0. The summed E-state index contributed by atoms with van der Waals surface area (Å²) in [5.74, 6) is 0.0157. The van der Waals surface area contributed by atoms with Crippen LogP contribution in [-0.2, 0) is 0 Å². The summed E-state index contributed by atoms with van der Waals surface area (Å²) in [7, 11) is 0. The van der Waals surface area contributed by atoms with Crippen LogP contribution in [0.1, 0.15) is 0 Å². The largest absolute Gasteiger partial charge is 0.872 e. The first-order chi connectivity index (χ1) is 20.7. The first-order valence-electron chi connectivity index (χ1n) is 14.1. The number of aromatic hydroxyl groups is 1. The lowest BCUT2D eigenvalue weighted by molar-refractivity contribution is -0.266. The summed E-state index contributed by atoms with van der Waals surface area (Å²) in [6.45, 7) is 0. The van der Waals surface area contributed by atoms with Gasteiger partial charge in [0.2, 0.25) is 0 Å². The third-order valence-electron chi connectivity index (χ3n) is 8.39. The van der Waals surface area contributed by atoms with E-state index in [0.29, 0.717) is 22.3 Å². The van der Waals surface area contributed by atoms with Crippen LogP contribution in [0.25, 0.3) is 76.5 Å². The fourth-order valence-corrected chi connectivity index (χ4v) is 6.31. The molecule has 0 heterocycles. The third-order valence-corrected chi connectivity index (χ3v) is 8.39. The maximum absolute atomic E-state index is 14.6. The second kappa shape index (κ2) is 9.50. The Hall–Kier alpha value is -5.60. The fraction of sp³-hybridized carbons (Fsp3) is 0. The van der Waals surface area contributed by atoms with Crippen molar-refractivity contribution in [2.75, 3.05) is 0 Å². The van der Waals surface area contributed by atoms with Gasteiger partial charge in [0.25, 0.3) is 0 Å². The molecule has 0 aliphatic carbocycles. The molecule has 0 saturated carbocycles. The molecule has 2 nitrogen and oxygen atoms in total. The first-order valence-corrected chi connectivity index (χ1v) is 14.1. The number of fused-ring (bicyclic) bond motifs is 4. The number of benzene rings is 8. The van der Waals surface area contributed by atoms with Crippen LogP contribution in [0, 0.1) is 0 Å². The van der Waals surface area contributed by atoms with Crippen molar-refractivity contribution in [2.24, 2.45) is 0 Å². The normalized spacial score (nSPS) is 11.5. The highest BCUT2D eigenvalue weighted by atomic mass is 16.3. The third kappa shape index (κ3) is 3.81. The summed E-state index contributed by atoms with van der Waals surface area (Å²) in [6, 6.07) is 48.7. The minimum atomic E-state index is -0.0971. The van der Waals surface area contributed by atoms with Crippen LogP contribution in [-0.4, -0.2) is 5.11 Å². The molecule has 8 aromatic carbocycles. The van der Waals surface area contributed by atoms with Gasteiger partial charge in [0.15, 0.2) is 0 Å². The van der Waals surface area contributed by atoms with Crippen molar-refractivity contribution in [2.45, 2.75) is 0 Å². The Balaban J connectivity index is 1.46. The molecular weight excluding hydrogens is 512 g/mol. The van der Waals surface area contributed by atoms with Crippen LogP contribution >= 0.6 is 0 Å². The predicted molar refractivity (Wildman–Crippen MR) is 174 cm³/mol. The predicted octanol–water partition coefficient (Wildman–Crippen LogP) is 10.1. The van der Waals surface area contributed by atoms with Crippen LogP contribution in [0.2, 0.25) is 0 Å². The van der Waals surface area contributed by atoms with Crippen molar-refractivity contribution >= 4 is 43.1 Å². The number of phenolic OH excluding ortho intramolecular Hbond substituents is 1. The lowest BCUT2D eigenvalue weighted by atomic mass is 9.86. The monoisotopic (exact) mass is 537 g/mol. The van der Waals surface area contributed by atoms with Crippen molar-refractivity contribution in [3.05, 3.63) is 146 Å². The maximum Gasteiger partial charge on any atom is 0.131 e. The summed E-state index contributed by atoms with van der Waals surface area (Å²) in [5, 5.41) is 34.8. The Morgan fingerprint density at radius 1 is 0.381 bits per heavy atom. The number of hydrogen-bond donors (Lipinski definition) is 1. The smallest absolute Gasteiger partial charge is 0.131 e. The molecular formula is C40H25O2-. The average Bonchev–Trinajstić information content (AvgIpc) is 3.04. The summed E-state index contributed by atoms with van der Waals surface area (Å²) in [5.41, 5.74) is 4.18. The molecule has 0 atom stereocenters. The van der Waals surface area contributed by atoms with Gasteiger partial charge in [-0.1, -0.05) is 127 Å². The van der Waals surface area contributed by atoms with E-state index in [1.165, 1.54) is 0 Å². The molecule has 1 N–H and O–H groups in total. The van der Waals surface area contributed by atoms with E-state index in [2.05, 4.69) is 48.5 Å². The molecule has 2 heteroatoms. The zero-order valence-electron chi connectivity index (χ0n) is 22.7. The van der Waals surface area contributed by atoms with Gasteiger partial charge in [-0.05, 0) is 89.6 Å². The fourth-order valence-electron chi connectivity index (χ4n) is 6.31. The molecule has 42 heavy (non-hydrogen) atoms. The minimum Gasteiger partial charge on any atom is -0.872 e. The molecule has 8 aromatic rings. The number of hydrogen-bond acceptors (Lipinski definition) is 2. The second-order valence-electron chi connectivity index (χ2n) is 10.8. The Morgan fingerprint density at radius 3 is 1.38 bits per heavy atom. The van der Waals surface area contributed by atoms with Gasteiger partial charge in [-0.2, -0.15) is 0 Å². The second-order valence-corrected chi connectivity index (χ2v) is 10.8. The molecule has 0 unspecified atom stereocenters. The van der Waals surface area contributed by atoms with E-state index in [1.54, 1.807) is 0 Å². The van der Waals surface area contributed by atoms with Crippen LogP contribution in [0.4, 0.5) is 0 Å². The highest BCUT2D eigenvalue weighted by Gasteiger charge is 2.20. The molecule has 0 radical (unpaired) electrons. The Kier molecular flexibility index (Phi) is 5.48. The molecule has 0 saturated heterocycles.